The SMILES string of the molecule is CCCCN(CC)C(C(N)=S)c1ccc(C)cc1. The predicted molar refractivity (Wildman–Crippen MR) is 82.9 cm³/mol. The Kier molecular flexibility index (Phi) is 6.30. The van der Waals surface area contributed by atoms with Crippen molar-refractivity contribution in [3.05, 3.63) is 35.4 Å². The van der Waals surface area contributed by atoms with Gasteiger partial charge in [0.2, 0.25) is 0 Å². The second-order valence-corrected chi connectivity index (χ2v) is 5.17. The van der Waals surface area contributed by atoms with E-state index in [0.29, 0.717) is 4.99 Å². The molecule has 1 rings (SSSR count). The number of hydrogen-bond acceptors (Lipinski definition) is 2. The summed E-state index contributed by atoms with van der Waals surface area (Å²) >= 11 is 5.26. The number of benzene rings is 1. The van der Waals surface area contributed by atoms with Gasteiger partial charge in [-0.3, -0.25) is 4.90 Å². The minimum absolute atomic E-state index is 0.0668. The van der Waals surface area contributed by atoms with Gasteiger partial charge in [-0.1, -0.05) is 62.3 Å². The summed E-state index contributed by atoms with van der Waals surface area (Å²) in [6, 6.07) is 8.57. The van der Waals surface area contributed by atoms with Gasteiger partial charge >= 0.3 is 0 Å². The van der Waals surface area contributed by atoms with Crippen LogP contribution in [-0.4, -0.2) is 23.0 Å². The third-order valence-electron chi connectivity index (χ3n) is 3.23. The number of aryl methyl sites for hydroxylation is 1. The van der Waals surface area contributed by atoms with E-state index in [-0.39, 0.29) is 6.04 Å². The van der Waals surface area contributed by atoms with Gasteiger partial charge in [-0.2, -0.15) is 0 Å². The van der Waals surface area contributed by atoms with Crippen molar-refractivity contribution in [1.29, 1.82) is 0 Å². The summed E-state index contributed by atoms with van der Waals surface area (Å²) in [4.78, 5) is 2.92. The molecule has 0 bridgehead atoms. The molecule has 1 atom stereocenters. The van der Waals surface area contributed by atoms with Gasteiger partial charge in [0.05, 0.1) is 11.0 Å². The highest BCUT2D eigenvalue weighted by atomic mass is 32.1. The molecule has 0 amide bonds. The summed E-state index contributed by atoms with van der Waals surface area (Å²) in [5.74, 6) is 0. The quantitative estimate of drug-likeness (QED) is 0.765. The number of nitrogens with zero attached hydrogens (tertiary/aromatic N) is 1. The van der Waals surface area contributed by atoms with E-state index >= 15 is 0 Å². The van der Waals surface area contributed by atoms with Gasteiger partial charge in [-0.25, -0.2) is 0 Å². The lowest BCUT2D eigenvalue weighted by Gasteiger charge is -2.30. The van der Waals surface area contributed by atoms with Crippen molar-refractivity contribution in [2.45, 2.75) is 39.7 Å². The van der Waals surface area contributed by atoms with Gasteiger partial charge < -0.3 is 5.73 Å². The van der Waals surface area contributed by atoms with E-state index in [0.717, 1.165) is 13.1 Å². The monoisotopic (exact) mass is 264 g/mol. The van der Waals surface area contributed by atoms with E-state index in [1.54, 1.807) is 0 Å². The summed E-state index contributed by atoms with van der Waals surface area (Å²) < 4.78 is 0. The third-order valence-corrected chi connectivity index (χ3v) is 3.46. The van der Waals surface area contributed by atoms with Crippen molar-refractivity contribution in [3.8, 4) is 0 Å². The molecule has 18 heavy (non-hydrogen) atoms. The first kappa shape index (κ1) is 15.1. The van der Waals surface area contributed by atoms with E-state index in [9.17, 15) is 0 Å². The van der Waals surface area contributed by atoms with E-state index < -0.39 is 0 Å². The summed E-state index contributed by atoms with van der Waals surface area (Å²) in [6.45, 7) is 8.47. The fourth-order valence-corrected chi connectivity index (χ4v) is 2.42. The van der Waals surface area contributed by atoms with Crippen LogP contribution in [0.2, 0.25) is 0 Å². The highest BCUT2D eigenvalue weighted by Gasteiger charge is 2.21. The maximum absolute atomic E-state index is 5.94. The number of unbranched alkanes of at least 4 members (excludes halogenated alkanes) is 1. The zero-order chi connectivity index (χ0) is 13.5. The van der Waals surface area contributed by atoms with Gasteiger partial charge in [-0.05, 0) is 32.0 Å². The van der Waals surface area contributed by atoms with Crippen molar-refractivity contribution in [1.82, 2.24) is 4.90 Å². The van der Waals surface area contributed by atoms with Crippen LogP contribution in [0.3, 0.4) is 0 Å². The first-order chi connectivity index (χ1) is 8.60. The van der Waals surface area contributed by atoms with E-state index in [2.05, 4.69) is 49.9 Å². The summed E-state index contributed by atoms with van der Waals surface area (Å²) in [6.07, 6.45) is 2.37. The maximum Gasteiger partial charge on any atom is 0.0948 e. The average molecular weight is 264 g/mol. The Hall–Kier alpha value is -0.930. The van der Waals surface area contributed by atoms with Crippen molar-refractivity contribution < 1.29 is 0 Å². The van der Waals surface area contributed by atoms with Gasteiger partial charge in [0.15, 0.2) is 0 Å². The molecule has 0 fully saturated rings. The number of nitrogens with two attached hydrogens (primary N) is 1. The van der Waals surface area contributed by atoms with Crippen LogP contribution in [0.15, 0.2) is 24.3 Å². The van der Waals surface area contributed by atoms with Crippen molar-refractivity contribution in [3.63, 3.8) is 0 Å². The number of likely N-dealkylation sites (N-methyl/N-ethyl adjacent to an activating group) is 1. The molecule has 1 aromatic rings. The Morgan fingerprint density at radius 3 is 2.33 bits per heavy atom. The molecular formula is C15H24N2S. The minimum Gasteiger partial charge on any atom is -0.392 e. The Labute approximate surface area is 116 Å². The molecule has 0 aromatic heterocycles. The first-order valence-electron chi connectivity index (χ1n) is 6.70. The lowest BCUT2D eigenvalue weighted by molar-refractivity contribution is 0.253. The zero-order valence-corrected chi connectivity index (χ0v) is 12.5. The summed E-state index contributed by atoms with van der Waals surface area (Å²) in [5, 5.41) is 0. The van der Waals surface area contributed by atoms with E-state index in [1.807, 2.05) is 0 Å². The predicted octanol–water partition coefficient (Wildman–Crippen LogP) is 3.44. The molecule has 0 saturated carbocycles. The molecule has 2 N–H and O–H groups in total. The lowest BCUT2D eigenvalue weighted by Crippen LogP contribution is -2.37. The smallest absolute Gasteiger partial charge is 0.0948 e. The second kappa shape index (κ2) is 7.49. The van der Waals surface area contributed by atoms with Gasteiger partial charge in [-0.15, -0.1) is 0 Å². The fraction of sp³-hybridized carbons (Fsp3) is 0.533. The van der Waals surface area contributed by atoms with Crippen LogP contribution in [0, 0.1) is 6.92 Å². The molecule has 3 heteroatoms. The average Bonchev–Trinajstić information content (AvgIpc) is 2.35. The second-order valence-electron chi connectivity index (χ2n) is 4.70. The third kappa shape index (κ3) is 4.07. The van der Waals surface area contributed by atoms with E-state index in [1.165, 1.54) is 24.0 Å². The molecule has 0 aliphatic rings. The van der Waals surface area contributed by atoms with Crippen LogP contribution < -0.4 is 5.73 Å². The van der Waals surface area contributed by atoms with Crippen molar-refractivity contribution >= 4 is 17.2 Å². The van der Waals surface area contributed by atoms with Crippen LogP contribution in [0.25, 0.3) is 0 Å². The minimum atomic E-state index is 0.0668. The van der Waals surface area contributed by atoms with E-state index in [4.69, 9.17) is 18.0 Å². The van der Waals surface area contributed by atoms with Gasteiger partial charge in [0, 0.05) is 0 Å². The summed E-state index contributed by atoms with van der Waals surface area (Å²) in [7, 11) is 0. The molecule has 0 spiro atoms. The molecule has 0 radical (unpaired) electrons. The topological polar surface area (TPSA) is 29.3 Å². The fourth-order valence-electron chi connectivity index (χ4n) is 2.13. The molecule has 0 saturated heterocycles. The number of rotatable bonds is 7. The standard InChI is InChI=1S/C15H24N2S/c1-4-6-11-17(5-2)14(15(16)18)13-9-7-12(3)8-10-13/h7-10,14H,4-6,11H2,1-3H3,(H2,16,18). The highest BCUT2D eigenvalue weighted by molar-refractivity contribution is 7.80. The molecule has 1 aromatic carbocycles. The van der Waals surface area contributed by atoms with Crippen molar-refractivity contribution in [2.75, 3.05) is 13.1 Å². The molecule has 1 unspecified atom stereocenters. The normalized spacial score (nSPS) is 12.7. The number of hydrogen-bond donors (Lipinski definition) is 1. The molecule has 0 aliphatic carbocycles. The summed E-state index contributed by atoms with van der Waals surface area (Å²) in [5.41, 5.74) is 8.41. The first-order valence-corrected chi connectivity index (χ1v) is 7.10. The Morgan fingerprint density at radius 2 is 1.89 bits per heavy atom. The lowest BCUT2D eigenvalue weighted by atomic mass is 10.0. The molecule has 0 aliphatic heterocycles. The zero-order valence-electron chi connectivity index (χ0n) is 11.6. The Balaban J connectivity index is 2.93. The molecule has 0 heterocycles. The van der Waals surface area contributed by atoms with Crippen LogP contribution in [0.4, 0.5) is 0 Å². The van der Waals surface area contributed by atoms with Crippen LogP contribution in [0.1, 0.15) is 43.9 Å². The van der Waals surface area contributed by atoms with Crippen LogP contribution in [0.5, 0.6) is 0 Å². The molecule has 100 valence electrons. The number of thiocarbonyl (C=S) groups is 1. The van der Waals surface area contributed by atoms with Crippen molar-refractivity contribution in [2.24, 2.45) is 5.73 Å². The van der Waals surface area contributed by atoms with Gasteiger partial charge in [0.1, 0.15) is 0 Å². The largest absolute Gasteiger partial charge is 0.392 e. The Morgan fingerprint density at radius 1 is 1.28 bits per heavy atom. The van der Waals surface area contributed by atoms with Gasteiger partial charge in [0.25, 0.3) is 0 Å². The maximum atomic E-state index is 5.94. The molecular weight excluding hydrogens is 240 g/mol. The van der Waals surface area contributed by atoms with Crippen LogP contribution >= 0.6 is 12.2 Å². The Bertz CT molecular complexity index is 373. The van der Waals surface area contributed by atoms with Crippen LogP contribution in [-0.2, 0) is 0 Å². The molecule has 2 nitrogen and oxygen atoms in total. The highest BCUT2D eigenvalue weighted by Crippen LogP contribution is 2.22.